The molecule has 9 nitrogen and oxygen atoms in total. The minimum absolute atomic E-state index is 0.0201. The molecule has 0 bridgehead atoms. The number of hydrogen-bond donors (Lipinski definition) is 3. The van der Waals surface area contributed by atoms with Gasteiger partial charge in [-0.2, -0.15) is 0 Å². The molecular weight excluding hydrogens is 430 g/mol. The number of carbonyl (C=O) groups is 2. The molecule has 0 spiro atoms. The molecule has 0 aliphatic carbocycles. The van der Waals surface area contributed by atoms with Gasteiger partial charge in [-0.25, -0.2) is 13.6 Å². The highest BCUT2D eigenvalue weighted by Gasteiger charge is 2.23. The lowest BCUT2D eigenvalue weighted by Gasteiger charge is -2.34. The summed E-state index contributed by atoms with van der Waals surface area (Å²) in [6.07, 6.45) is 0.259. The number of benzene rings is 2. The molecule has 2 amide bonds. The van der Waals surface area contributed by atoms with Gasteiger partial charge in [-0.05, 0) is 30.3 Å². The SMILES string of the molecule is NS(=O)(=O)c1cccc(NC(=O)CCN2CCN(C(=O)c3cc4ccccc4[nH]3)CC2)c1. The number of nitrogens with one attached hydrogen (secondary N) is 2. The second-order valence-corrected chi connectivity index (χ2v) is 9.34. The fraction of sp³-hybridized carbons (Fsp3) is 0.273. The Balaban J connectivity index is 1.25. The zero-order chi connectivity index (χ0) is 22.7. The summed E-state index contributed by atoms with van der Waals surface area (Å²) in [5.41, 5.74) is 1.91. The molecule has 2 heterocycles. The summed E-state index contributed by atoms with van der Waals surface area (Å²) in [4.78, 5) is 32.2. The van der Waals surface area contributed by atoms with Crippen molar-refractivity contribution >= 4 is 38.4 Å². The number of anilines is 1. The predicted molar refractivity (Wildman–Crippen MR) is 122 cm³/mol. The lowest BCUT2D eigenvalue weighted by Crippen LogP contribution is -2.49. The first kappa shape index (κ1) is 22.0. The number of para-hydroxylation sites is 1. The van der Waals surface area contributed by atoms with Crippen molar-refractivity contribution in [3.63, 3.8) is 0 Å². The van der Waals surface area contributed by atoms with E-state index in [9.17, 15) is 18.0 Å². The Morgan fingerprint density at radius 1 is 1.00 bits per heavy atom. The van der Waals surface area contributed by atoms with Crippen molar-refractivity contribution in [3.8, 4) is 0 Å². The summed E-state index contributed by atoms with van der Waals surface area (Å²) in [6.45, 7) is 3.09. The molecule has 1 aliphatic heterocycles. The maximum Gasteiger partial charge on any atom is 0.270 e. The van der Waals surface area contributed by atoms with Crippen molar-refractivity contribution in [2.24, 2.45) is 5.14 Å². The molecule has 32 heavy (non-hydrogen) atoms. The largest absolute Gasteiger partial charge is 0.351 e. The van der Waals surface area contributed by atoms with Gasteiger partial charge in [-0.3, -0.25) is 14.5 Å². The molecule has 1 aliphatic rings. The number of aromatic amines is 1. The van der Waals surface area contributed by atoms with E-state index in [1.54, 1.807) is 6.07 Å². The van der Waals surface area contributed by atoms with Crippen LogP contribution in [-0.4, -0.2) is 67.7 Å². The van der Waals surface area contributed by atoms with Gasteiger partial charge in [0.2, 0.25) is 15.9 Å². The van der Waals surface area contributed by atoms with Crippen LogP contribution in [0, 0.1) is 0 Å². The normalized spacial score (nSPS) is 15.1. The molecule has 1 fully saturated rings. The fourth-order valence-corrected chi connectivity index (χ4v) is 4.33. The number of amides is 2. The van der Waals surface area contributed by atoms with Crippen LogP contribution >= 0.6 is 0 Å². The zero-order valence-electron chi connectivity index (χ0n) is 17.5. The number of H-pyrrole nitrogens is 1. The van der Waals surface area contributed by atoms with Crippen LogP contribution in [0.2, 0.25) is 0 Å². The van der Waals surface area contributed by atoms with Gasteiger partial charge in [0.25, 0.3) is 5.91 Å². The number of aromatic nitrogens is 1. The van der Waals surface area contributed by atoms with Crippen LogP contribution in [0.1, 0.15) is 16.9 Å². The second kappa shape index (κ2) is 9.11. The standard InChI is InChI=1S/C22H25N5O4S/c23-32(30,31)18-6-3-5-17(15-18)24-21(28)8-9-26-10-12-27(13-11-26)22(29)20-14-16-4-1-2-7-19(16)25-20/h1-7,14-15,25H,8-13H2,(H,24,28)(H2,23,30,31). The van der Waals surface area contributed by atoms with Crippen molar-refractivity contribution in [1.29, 1.82) is 0 Å². The highest BCUT2D eigenvalue weighted by Crippen LogP contribution is 2.17. The Morgan fingerprint density at radius 3 is 2.47 bits per heavy atom. The van der Waals surface area contributed by atoms with E-state index in [0.29, 0.717) is 44.1 Å². The van der Waals surface area contributed by atoms with Gasteiger partial charge in [0.05, 0.1) is 4.90 Å². The smallest absolute Gasteiger partial charge is 0.270 e. The molecule has 10 heteroatoms. The van der Waals surface area contributed by atoms with Gasteiger partial charge in [0.1, 0.15) is 5.69 Å². The number of sulfonamides is 1. The molecular formula is C22H25N5O4S. The van der Waals surface area contributed by atoms with Gasteiger partial charge in [0.15, 0.2) is 0 Å². The van der Waals surface area contributed by atoms with E-state index in [0.717, 1.165) is 10.9 Å². The maximum absolute atomic E-state index is 12.8. The van der Waals surface area contributed by atoms with Gasteiger partial charge in [-0.15, -0.1) is 0 Å². The number of primary sulfonamides is 1. The maximum atomic E-state index is 12.8. The minimum Gasteiger partial charge on any atom is -0.351 e. The third kappa shape index (κ3) is 5.16. The average molecular weight is 456 g/mol. The number of rotatable bonds is 6. The summed E-state index contributed by atoms with van der Waals surface area (Å²) < 4.78 is 22.9. The number of nitrogens with zero attached hydrogens (tertiary/aromatic N) is 2. The van der Waals surface area contributed by atoms with Crippen molar-refractivity contribution in [1.82, 2.24) is 14.8 Å². The average Bonchev–Trinajstić information content (AvgIpc) is 3.21. The lowest BCUT2D eigenvalue weighted by atomic mass is 10.2. The first-order chi connectivity index (χ1) is 15.3. The Morgan fingerprint density at radius 2 is 1.75 bits per heavy atom. The highest BCUT2D eigenvalue weighted by molar-refractivity contribution is 7.89. The molecule has 0 radical (unpaired) electrons. The number of carbonyl (C=O) groups excluding carboxylic acids is 2. The molecule has 0 saturated carbocycles. The number of piperazine rings is 1. The summed E-state index contributed by atoms with van der Waals surface area (Å²) in [7, 11) is -3.82. The predicted octanol–water partition coefficient (Wildman–Crippen LogP) is 1.60. The molecule has 1 saturated heterocycles. The van der Waals surface area contributed by atoms with Crippen LogP contribution < -0.4 is 10.5 Å². The zero-order valence-corrected chi connectivity index (χ0v) is 18.3. The van der Waals surface area contributed by atoms with E-state index in [4.69, 9.17) is 5.14 Å². The Hall–Kier alpha value is -3.21. The molecule has 3 aromatic rings. The van der Waals surface area contributed by atoms with E-state index >= 15 is 0 Å². The van der Waals surface area contributed by atoms with Crippen LogP contribution in [-0.2, 0) is 14.8 Å². The van der Waals surface area contributed by atoms with Crippen LogP contribution in [0.15, 0.2) is 59.5 Å². The molecule has 168 valence electrons. The molecule has 4 rings (SSSR count). The summed E-state index contributed by atoms with van der Waals surface area (Å²) >= 11 is 0. The third-order valence-electron chi connectivity index (χ3n) is 5.52. The summed E-state index contributed by atoms with van der Waals surface area (Å²) in [6, 6.07) is 15.5. The molecule has 1 aromatic heterocycles. The van der Waals surface area contributed by atoms with Crippen LogP contribution in [0.5, 0.6) is 0 Å². The lowest BCUT2D eigenvalue weighted by molar-refractivity contribution is -0.116. The fourth-order valence-electron chi connectivity index (χ4n) is 3.77. The highest BCUT2D eigenvalue weighted by atomic mass is 32.2. The summed E-state index contributed by atoms with van der Waals surface area (Å²) in [5, 5.41) is 8.83. The van der Waals surface area contributed by atoms with Crippen molar-refractivity contribution in [3.05, 3.63) is 60.3 Å². The van der Waals surface area contributed by atoms with E-state index in [2.05, 4.69) is 15.2 Å². The van der Waals surface area contributed by atoms with Gasteiger partial charge >= 0.3 is 0 Å². The first-order valence-corrected chi connectivity index (χ1v) is 11.9. The second-order valence-electron chi connectivity index (χ2n) is 7.78. The van der Waals surface area contributed by atoms with Gasteiger partial charge in [-0.1, -0.05) is 24.3 Å². The van der Waals surface area contributed by atoms with Crippen molar-refractivity contribution < 1.29 is 18.0 Å². The van der Waals surface area contributed by atoms with E-state index in [1.165, 1.54) is 18.2 Å². The minimum atomic E-state index is -3.82. The molecule has 0 atom stereocenters. The van der Waals surface area contributed by atoms with E-state index in [-0.39, 0.29) is 23.1 Å². The quantitative estimate of drug-likeness (QED) is 0.520. The molecule has 2 aromatic carbocycles. The van der Waals surface area contributed by atoms with E-state index in [1.807, 2.05) is 35.2 Å². The third-order valence-corrected chi connectivity index (χ3v) is 6.43. The van der Waals surface area contributed by atoms with Crippen LogP contribution in [0.3, 0.4) is 0 Å². The molecule has 0 unspecified atom stereocenters. The molecule has 4 N–H and O–H groups in total. The van der Waals surface area contributed by atoms with Crippen LogP contribution in [0.25, 0.3) is 10.9 Å². The first-order valence-electron chi connectivity index (χ1n) is 10.3. The van der Waals surface area contributed by atoms with Crippen molar-refractivity contribution in [2.75, 3.05) is 38.0 Å². The van der Waals surface area contributed by atoms with Gasteiger partial charge in [0, 0.05) is 55.7 Å². The van der Waals surface area contributed by atoms with Crippen molar-refractivity contribution in [2.45, 2.75) is 11.3 Å². The Labute approximate surface area is 186 Å². The number of fused-ring (bicyclic) bond motifs is 1. The monoisotopic (exact) mass is 455 g/mol. The summed E-state index contributed by atoms with van der Waals surface area (Å²) in [5.74, 6) is -0.235. The number of nitrogens with two attached hydrogens (primary N) is 1. The number of hydrogen-bond acceptors (Lipinski definition) is 5. The topological polar surface area (TPSA) is 129 Å². The van der Waals surface area contributed by atoms with E-state index < -0.39 is 10.0 Å². The van der Waals surface area contributed by atoms with Crippen LogP contribution in [0.4, 0.5) is 5.69 Å². The Kier molecular flexibility index (Phi) is 6.26. The Bertz CT molecular complexity index is 1210. The van der Waals surface area contributed by atoms with Gasteiger partial charge < -0.3 is 15.2 Å².